The Balaban J connectivity index is 1.28. The molecule has 0 aliphatic carbocycles. The second kappa shape index (κ2) is 9.88. The number of aromatic nitrogens is 2. The van der Waals surface area contributed by atoms with Gasteiger partial charge in [0, 0.05) is 23.3 Å². The van der Waals surface area contributed by atoms with Crippen LogP contribution in [0.2, 0.25) is 0 Å². The highest BCUT2D eigenvalue weighted by atomic mass is 16.5. The van der Waals surface area contributed by atoms with Crippen molar-refractivity contribution in [1.82, 2.24) is 20.8 Å². The van der Waals surface area contributed by atoms with Crippen LogP contribution in [0.25, 0.3) is 22.2 Å². The van der Waals surface area contributed by atoms with Gasteiger partial charge in [0.15, 0.2) is 5.76 Å². The minimum Gasteiger partial charge on any atom is -0.486 e. The van der Waals surface area contributed by atoms with Gasteiger partial charge >= 0.3 is 5.91 Å². The molecule has 0 atom stereocenters. The van der Waals surface area contributed by atoms with E-state index in [-0.39, 0.29) is 12.4 Å². The minimum atomic E-state index is -0.588. The molecule has 2 aromatic carbocycles. The van der Waals surface area contributed by atoms with Crippen molar-refractivity contribution in [1.29, 1.82) is 0 Å². The van der Waals surface area contributed by atoms with Gasteiger partial charge in [0.1, 0.15) is 18.1 Å². The van der Waals surface area contributed by atoms with Crippen LogP contribution in [0.4, 0.5) is 0 Å². The van der Waals surface area contributed by atoms with E-state index in [9.17, 15) is 9.59 Å². The smallest absolute Gasteiger partial charge is 0.305 e. The maximum absolute atomic E-state index is 13.0. The van der Waals surface area contributed by atoms with Crippen LogP contribution in [-0.4, -0.2) is 21.8 Å². The van der Waals surface area contributed by atoms with Crippen LogP contribution in [-0.2, 0) is 6.61 Å². The van der Waals surface area contributed by atoms with Crippen LogP contribution in [0, 0.1) is 0 Å². The lowest BCUT2D eigenvalue weighted by atomic mass is 10.0. The van der Waals surface area contributed by atoms with Crippen molar-refractivity contribution in [2.24, 2.45) is 0 Å². The van der Waals surface area contributed by atoms with Crippen molar-refractivity contribution in [3.8, 4) is 17.0 Å². The maximum atomic E-state index is 13.0. The van der Waals surface area contributed by atoms with Gasteiger partial charge in [0.05, 0.1) is 16.8 Å². The standard InChI is InChI=1S/C27H20N4O4/c32-26(22-15-24(18-7-6-14-28-16-18)29-23-11-5-4-10-21(22)23)30-31-27(33)25-13-12-20(35-25)17-34-19-8-2-1-3-9-19/h1-16H,17H2,(H,30,32)(H,31,33). The number of nitrogens with zero attached hydrogens (tertiary/aromatic N) is 2. The van der Waals surface area contributed by atoms with Gasteiger partial charge in [-0.15, -0.1) is 0 Å². The summed E-state index contributed by atoms with van der Waals surface area (Å²) in [5.41, 5.74) is 7.26. The first kappa shape index (κ1) is 21.8. The number of ether oxygens (including phenoxy) is 1. The number of para-hydroxylation sites is 2. The molecular formula is C27H20N4O4. The summed E-state index contributed by atoms with van der Waals surface area (Å²) in [6.45, 7) is 0.170. The molecule has 0 bridgehead atoms. The summed E-state index contributed by atoms with van der Waals surface area (Å²) in [5.74, 6) is 0.146. The van der Waals surface area contributed by atoms with Crippen LogP contribution in [0.5, 0.6) is 5.75 Å². The van der Waals surface area contributed by atoms with Crippen molar-refractivity contribution in [3.63, 3.8) is 0 Å². The van der Waals surface area contributed by atoms with Gasteiger partial charge in [-0.2, -0.15) is 0 Å². The second-order valence-electron chi connectivity index (χ2n) is 7.59. The molecule has 8 heteroatoms. The van der Waals surface area contributed by atoms with E-state index in [0.717, 1.165) is 5.56 Å². The number of amides is 2. The molecule has 0 aliphatic rings. The first-order chi connectivity index (χ1) is 17.2. The number of hydrazine groups is 1. The van der Waals surface area contributed by atoms with E-state index in [1.165, 1.54) is 6.07 Å². The van der Waals surface area contributed by atoms with Crippen LogP contribution in [0.15, 0.2) is 102 Å². The first-order valence-corrected chi connectivity index (χ1v) is 10.8. The molecule has 5 rings (SSSR count). The van der Waals surface area contributed by atoms with Gasteiger partial charge < -0.3 is 9.15 Å². The highest BCUT2D eigenvalue weighted by molar-refractivity contribution is 6.08. The number of hydrogen-bond acceptors (Lipinski definition) is 6. The Morgan fingerprint density at radius 2 is 1.66 bits per heavy atom. The number of furan rings is 1. The Morgan fingerprint density at radius 1 is 0.857 bits per heavy atom. The fourth-order valence-corrected chi connectivity index (χ4v) is 3.52. The summed E-state index contributed by atoms with van der Waals surface area (Å²) in [4.78, 5) is 34.3. The number of pyridine rings is 2. The fraction of sp³-hybridized carbons (Fsp3) is 0.0370. The molecule has 0 spiro atoms. The molecule has 8 nitrogen and oxygen atoms in total. The van der Waals surface area contributed by atoms with E-state index in [4.69, 9.17) is 9.15 Å². The molecule has 0 aliphatic heterocycles. The molecule has 2 N–H and O–H groups in total. The van der Waals surface area contributed by atoms with Crippen molar-refractivity contribution in [2.75, 3.05) is 0 Å². The maximum Gasteiger partial charge on any atom is 0.305 e. The summed E-state index contributed by atoms with van der Waals surface area (Å²) in [6, 6.07) is 25.1. The fourth-order valence-electron chi connectivity index (χ4n) is 3.52. The summed E-state index contributed by atoms with van der Waals surface area (Å²) < 4.78 is 11.2. The molecular weight excluding hydrogens is 444 g/mol. The van der Waals surface area contributed by atoms with Gasteiger partial charge in [-0.05, 0) is 48.5 Å². The van der Waals surface area contributed by atoms with E-state index in [0.29, 0.717) is 33.7 Å². The van der Waals surface area contributed by atoms with Crippen molar-refractivity contribution in [3.05, 3.63) is 114 Å². The van der Waals surface area contributed by atoms with E-state index in [1.807, 2.05) is 54.6 Å². The summed E-state index contributed by atoms with van der Waals surface area (Å²) in [7, 11) is 0. The molecule has 0 saturated heterocycles. The van der Waals surface area contributed by atoms with Gasteiger partial charge in [0.25, 0.3) is 5.91 Å². The predicted octanol–water partition coefficient (Wildman–Crippen LogP) is 4.54. The lowest BCUT2D eigenvalue weighted by Gasteiger charge is -2.11. The summed E-state index contributed by atoms with van der Waals surface area (Å²) in [5, 5.41) is 0.658. The highest BCUT2D eigenvalue weighted by Gasteiger charge is 2.17. The van der Waals surface area contributed by atoms with Gasteiger partial charge in [0.2, 0.25) is 0 Å². The zero-order valence-corrected chi connectivity index (χ0v) is 18.5. The summed E-state index contributed by atoms with van der Waals surface area (Å²) >= 11 is 0. The van der Waals surface area contributed by atoms with Crippen LogP contribution < -0.4 is 15.6 Å². The average Bonchev–Trinajstić information content (AvgIpc) is 3.40. The quantitative estimate of drug-likeness (QED) is 0.357. The average molecular weight is 464 g/mol. The number of fused-ring (bicyclic) bond motifs is 1. The molecule has 0 saturated carbocycles. The van der Waals surface area contributed by atoms with Gasteiger partial charge in [-0.25, -0.2) is 4.98 Å². The van der Waals surface area contributed by atoms with Crippen molar-refractivity contribution >= 4 is 22.7 Å². The third kappa shape index (κ3) is 5.01. The monoisotopic (exact) mass is 464 g/mol. The molecule has 0 radical (unpaired) electrons. The second-order valence-corrected chi connectivity index (χ2v) is 7.59. The normalized spacial score (nSPS) is 10.6. The van der Waals surface area contributed by atoms with Crippen LogP contribution >= 0.6 is 0 Å². The Labute approximate surface area is 200 Å². The zero-order chi connectivity index (χ0) is 24.0. The lowest BCUT2D eigenvalue weighted by molar-refractivity contribution is 0.0829. The highest BCUT2D eigenvalue weighted by Crippen LogP contribution is 2.24. The van der Waals surface area contributed by atoms with Gasteiger partial charge in [-0.3, -0.25) is 25.4 Å². The number of carbonyl (C=O) groups is 2. The molecule has 35 heavy (non-hydrogen) atoms. The Hall–Kier alpha value is -4.98. The topological polar surface area (TPSA) is 106 Å². The number of carbonyl (C=O) groups excluding carboxylic acids is 2. The van der Waals surface area contributed by atoms with Gasteiger partial charge in [-0.1, -0.05) is 36.4 Å². The van der Waals surface area contributed by atoms with E-state index >= 15 is 0 Å². The number of nitrogens with one attached hydrogen (secondary N) is 2. The number of benzene rings is 2. The third-order valence-electron chi connectivity index (χ3n) is 5.22. The minimum absolute atomic E-state index is 0.0487. The molecule has 172 valence electrons. The number of hydrogen-bond donors (Lipinski definition) is 2. The molecule has 0 fully saturated rings. The molecule has 2 amide bonds. The number of rotatable bonds is 6. The lowest BCUT2D eigenvalue weighted by Crippen LogP contribution is -2.41. The molecule has 0 unspecified atom stereocenters. The Morgan fingerprint density at radius 3 is 2.49 bits per heavy atom. The van der Waals surface area contributed by atoms with E-state index in [2.05, 4.69) is 20.8 Å². The predicted molar refractivity (Wildman–Crippen MR) is 129 cm³/mol. The van der Waals surface area contributed by atoms with Crippen LogP contribution in [0.1, 0.15) is 26.7 Å². The summed E-state index contributed by atoms with van der Waals surface area (Å²) in [6.07, 6.45) is 3.35. The zero-order valence-electron chi connectivity index (χ0n) is 18.5. The molecule has 5 aromatic rings. The molecule has 3 aromatic heterocycles. The largest absolute Gasteiger partial charge is 0.486 e. The van der Waals surface area contributed by atoms with E-state index < -0.39 is 11.8 Å². The van der Waals surface area contributed by atoms with Crippen molar-refractivity contribution < 1.29 is 18.7 Å². The SMILES string of the molecule is O=C(NNC(=O)c1cc(-c2cccnc2)nc2ccccc12)c1ccc(COc2ccccc2)o1. The third-order valence-corrected chi connectivity index (χ3v) is 5.22. The Kier molecular flexibility index (Phi) is 6.17. The Bertz CT molecular complexity index is 1480. The van der Waals surface area contributed by atoms with Crippen molar-refractivity contribution in [2.45, 2.75) is 6.61 Å². The molecule has 3 heterocycles. The van der Waals surface area contributed by atoms with Crippen LogP contribution in [0.3, 0.4) is 0 Å². The first-order valence-electron chi connectivity index (χ1n) is 10.8. The van der Waals surface area contributed by atoms with E-state index in [1.54, 1.807) is 36.7 Å².